The van der Waals surface area contributed by atoms with Gasteiger partial charge in [-0.2, -0.15) is 0 Å². The van der Waals surface area contributed by atoms with Crippen LogP contribution in [0.15, 0.2) is 36.4 Å². The standard InChI is InChI=1S/C27H42O7Si/c1-9-32-24(28)27(25(29)33-10-2)18-23(34-35(7,8)26(3,4)5)22(27)12-11-17-31-19-20-13-15-21(30-6)16-14-20/h11-16,22-23H,9-10,17-19H2,1-8H3/b12-11+/t22-,23+/m1/s1. The van der Waals surface area contributed by atoms with Gasteiger partial charge in [-0.05, 0) is 49.7 Å². The molecule has 0 aromatic heterocycles. The zero-order valence-electron chi connectivity index (χ0n) is 22.5. The predicted octanol–water partition coefficient (Wildman–Crippen LogP) is 5.29. The molecule has 0 radical (unpaired) electrons. The molecule has 1 aromatic rings. The van der Waals surface area contributed by atoms with E-state index in [1.54, 1.807) is 21.0 Å². The van der Waals surface area contributed by atoms with Gasteiger partial charge in [0.25, 0.3) is 0 Å². The van der Waals surface area contributed by atoms with Crippen LogP contribution in [0.25, 0.3) is 0 Å². The summed E-state index contributed by atoms with van der Waals surface area (Å²) >= 11 is 0. The van der Waals surface area contributed by atoms with Crippen molar-refractivity contribution >= 4 is 20.3 Å². The minimum absolute atomic E-state index is 0.00511. The molecule has 1 aromatic carbocycles. The zero-order chi connectivity index (χ0) is 26.3. The van der Waals surface area contributed by atoms with E-state index in [4.69, 9.17) is 23.4 Å². The van der Waals surface area contributed by atoms with Crippen molar-refractivity contribution < 1.29 is 33.0 Å². The van der Waals surface area contributed by atoms with Crippen LogP contribution in [0.5, 0.6) is 5.75 Å². The molecule has 1 aliphatic rings. The van der Waals surface area contributed by atoms with Gasteiger partial charge in [0.2, 0.25) is 0 Å². The SMILES string of the molecule is CCOC(=O)C1(C(=O)OCC)C[C@H](O[Si](C)(C)C(C)(C)C)[C@H]1/C=C/COCc1ccc(OC)cc1. The summed E-state index contributed by atoms with van der Waals surface area (Å²) in [6.07, 6.45) is 3.69. The molecule has 0 amide bonds. The van der Waals surface area contributed by atoms with E-state index < -0.39 is 31.6 Å². The molecule has 2 atom stereocenters. The van der Waals surface area contributed by atoms with Crippen LogP contribution in [0, 0.1) is 11.3 Å². The second kappa shape index (κ2) is 12.2. The molecule has 0 heterocycles. The first-order valence-corrected chi connectivity index (χ1v) is 15.2. The Morgan fingerprint density at radius 2 is 1.63 bits per heavy atom. The van der Waals surface area contributed by atoms with Crippen molar-refractivity contribution in [2.75, 3.05) is 26.9 Å². The molecule has 1 fully saturated rings. The van der Waals surface area contributed by atoms with E-state index in [0.29, 0.717) is 13.2 Å². The summed E-state index contributed by atoms with van der Waals surface area (Å²) in [5, 5.41) is -0.00511. The average Bonchev–Trinajstić information content (AvgIpc) is 2.78. The first kappa shape index (κ1) is 29.1. The van der Waals surface area contributed by atoms with E-state index in [1.807, 2.05) is 36.4 Å². The minimum atomic E-state index is -2.13. The monoisotopic (exact) mass is 506 g/mol. The maximum absolute atomic E-state index is 13.1. The highest BCUT2D eigenvalue weighted by molar-refractivity contribution is 6.74. The largest absolute Gasteiger partial charge is 0.497 e. The third-order valence-corrected chi connectivity index (χ3v) is 11.5. The highest BCUT2D eigenvalue weighted by Crippen LogP contribution is 2.53. The third-order valence-electron chi connectivity index (χ3n) is 7.01. The number of ether oxygens (including phenoxy) is 4. The van der Waals surface area contributed by atoms with Gasteiger partial charge in [0.15, 0.2) is 13.7 Å². The van der Waals surface area contributed by atoms with Crippen LogP contribution in [0.3, 0.4) is 0 Å². The Labute approximate surface area is 211 Å². The molecule has 0 bridgehead atoms. The van der Waals surface area contributed by atoms with E-state index in [2.05, 4.69) is 33.9 Å². The summed E-state index contributed by atoms with van der Waals surface area (Å²) in [5.74, 6) is -0.801. The Morgan fingerprint density at radius 1 is 1.06 bits per heavy atom. The number of methoxy groups -OCH3 is 1. The fourth-order valence-electron chi connectivity index (χ4n) is 3.91. The van der Waals surface area contributed by atoms with Crippen molar-refractivity contribution in [3.63, 3.8) is 0 Å². The first-order valence-electron chi connectivity index (χ1n) is 12.3. The second-order valence-electron chi connectivity index (χ2n) is 10.4. The number of rotatable bonds is 12. The van der Waals surface area contributed by atoms with Crippen LogP contribution >= 0.6 is 0 Å². The highest BCUT2D eigenvalue weighted by Gasteiger charge is 2.66. The van der Waals surface area contributed by atoms with Crippen LogP contribution in [-0.2, 0) is 34.8 Å². The Balaban J connectivity index is 2.20. The summed E-state index contributed by atoms with van der Waals surface area (Å²) in [6, 6.07) is 7.67. The minimum Gasteiger partial charge on any atom is -0.497 e. The van der Waals surface area contributed by atoms with Crippen LogP contribution in [0.2, 0.25) is 18.1 Å². The van der Waals surface area contributed by atoms with Crippen molar-refractivity contribution in [1.29, 1.82) is 0 Å². The normalized spacial score (nSPS) is 19.8. The third kappa shape index (κ3) is 6.74. The number of hydrogen-bond acceptors (Lipinski definition) is 7. The van der Waals surface area contributed by atoms with Crippen LogP contribution in [-0.4, -0.2) is 53.3 Å². The van der Waals surface area contributed by atoms with Crippen molar-refractivity contribution in [2.45, 2.75) is 71.9 Å². The van der Waals surface area contributed by atoms with Crippen molar-refractivity contribution in [3.05, 3.63) is 42.0 Å². The fourth-order valence-corrected chi connectivity index (χ4v) is 5.25. The smallest absolute Gasteiger partial charge is 0.324 e. The van der Waals surface area contributed by atoms with Gasteiger partial charge in [0.1, 0.15) is 5.75 Å². The molecule has 196 valence electrons. The van der Waals surface area contributed by atoms with Crippen molar-refractivity contribution in [2.24, 2.45) is 11.3 Å². The van der Waals surface area contributed by atoms with Gasteiger partial charge in [-0.3, -0.25) is 9.59 Å². The predicted molar refractivity (Wildman–Crippen MR) is 138 cm³/mol. The topological polar surface area (TPSA) is 80.3 Å². The lowest BCUT2D eigenvalue weighted by Crippen LogP contribution is -2.64. The summed E-state index contributed by atoms with van der Waals surface area (Å²) in [7, 11) is -0.504. The molecule has 0 saturated heterocycles. The van der Waals surface area contributed by atoms with Gasteiger partial charge < -0.3 is 23.4 Å². The molecule has 35 heavy (non-hydrogen) atoms. The molecule has 1 saturated carbocycles. The van der Waals surface area contributed by atoms with Gasteiger partial charge >= 0.3 is 11.9 Å². The van der Waals surface area contributed by atoms with Crippen LogP contribution in [0.4, 0.5) is 0 Å². The summed E-state index contributed by atoms with van der Waals surface area (Å²) in [6.45, 7) is 15.4. The lowest BCUT2D eigenvalue weighted by atomic mass is 9.57. The lowest BCUT2D eigenvalue weighted by molar-refractivity contribution is -0.195. The molecule has 1 aliphatic carbocycles. The molecule has 7 nitrogen and oxygen atoms in total. The molecule has 8 heteroatoms. The summed E-state index contributed by atoms with van der Waals surface area (Å²) < 4.78 is 28.3. The van der Waals surface area contributed by atoms with Gasteiger partial charge in [-0.1, -0.05) is 45.1 Å². The molecule has 0 unspecified atom stereocenters. The van der Waals surface area contributed by atoms with Crippen molar-refractivity contribution in [1.82, 2.24) is 0 Å². The summed E-state index contributed by atoms with van der Waals surface area (Å²) in [5.41, 5.74) is -0.375. The van der Waals surface area contributed by atoms with Gasteiger partial charge in [-0.15, -0.1) is 0 Å². The Kier molecular flexibility index (Phi) is 10.1. The maximum Gasteiger partial charge on any atom is 0.324 e. The molecule has 0 N–H and O–H groups in total. The van der Waals surface area contributed by atoms with Crippen molar-refractivity contribution in [3.8, 4) is 5.75 Å². The maximum atomic E-state index is 13.1. The first-order chi connectivity index (χ1) is 16.4. The van der Waals surface area contributed by atoms with E-state index in [-0.39, 0.29) is 30.8 Å². The van der Waals surface area contributed by atoms with Crippen LogP contribution in [0.1, 0.15) is 46.6 Å². The number of hydrogen-bond donors (Lipinski definition) is 0. The Hall–Kier alpha value is -2.16. The second-order valence-corrected chi connectivity index (χ2v) is 15.1. The highest BCUT2D eigenvalue weighted by atomic mass is 28.4. The molecule has 2 rings (SSSR count). The number of benzene rings is 1. The van der Waals surface area contributed by atoms with Gasteiger partial charge in [0, 0.05) is 12.3 Å². The van der Waals surface area contributed by atoms with E-state index in [0.717, 1.165) is 11.3 Å². The number of carbonyl (C=O) groups is 2. The van der Waals surface area contributed by atoms with E-state index >= 15 is 0 Å². The average molecular weight is 507 g/mol. The Bertz CT molecular complexity index is 853. The zero-order valence-corrected chi connectivity index (χ0v) is 23.5. The Morgan fingerprint density at radius 3 is 2.11 bits per heavy atom. The fraction of sp³-hybridized carbons (Fsp3) is 0.630. The van der Waals surface area contributed by atoms with Gasteiger partial charge in [0.05, 0.1) is 39.6 Å². The quantitative estimate of drug-likeness (QED) is 0.125. The van der Waals surface area contributed by atoms with Crippen LogP contribution < -0.4 is 4.74 Å². The van der Waals surface area contributed by atoms with Gasteiger partial charge in [-0.25, -0.2) is 0 Å². The summed E-state index contributed by atoms with van der Waals surface area (Å²) in [4.78, 5) is 26.1. The van der Waals surface area contributed by atoms with E-state index in [1.165, 1.54) is 0 Å². The molecular weight excluding hydrogens is 464 g/mol. The lowest BCUT2D eigenvalue weighted by Gasteiger charge is -2.53. The molecule has 0 aliphatic heterocycles. The van der Waals surface area contributed by atoms with E-state index in [9.17, 15) is 9.59 Å². The molecule has 0 spiro atoms. The number of carbonyl (C=O) groups excluding carboxylic acids is 2. The number of esters is 2. The molecular formula is C27H42O7Si.